The lowest BCUT2D eigenvalue weighted by Crippen LogP contribution is -2.58. The monoisotopic (exact) mass is 653 g/mol. The number of hydrogen-bond donors (Lipinski definition) is 2. The molecule has 2 aromatic rings. The van der Waals surface area contributed by atoms with E-state index in [1.54, 1.807) is 19.1 Å². The van der Waals surface area contributed by atoms with Crippen LogP contribution in [0.1, 0.15) is 34.6 Å². The molecule has 15 heteroatoms. The highest BCUT2D eigenvalue weighted by Gasteiger charge is 2.51. The minimum absolute atomic E-state index is 0.0268. The minimum Gasteiger partial charge on any atom is -0.387 e. The van der Waals surface area contributed by atoms with Crippen molar-refractivity contribution < 1.29 is 28.0 Å². The Hall–Kier alpha value is -3.43. The number of carbonyl (C=O) groups excluding carboxylic acids is 2. The molecule has 42 heavy (non-hydrogen) atoms. The number of piperazine rings is 1. The number of nitrogens with zero attached hydrogens (tertiary/aromatic N) is 5. The number of carbonyl (C=O) groups is 2. The van der Waals surface area contributed by atoms with Gasteiger partial charge in [-0.15, -0.1) is 0 Å². The zero-order chi connectivity index (χ0) is 30.8. The van der Waals surface area contributed by atoms with Crippen LogP contribution in [0.15, 0.2) is 35.1 Å². The summed E-state index contributed by atoms with van der Waals surface area (Å²) in [5.74, 6) is -4.61. The fourth-order valence-corrected chi connectivity index (χ4v) is 5.97. The van der Waals surface area contributed by atoms with Crippen molar-refractivity contribution >= 4 is 44.8 Å². The van der Waals surface area contributed by atoms with Crippen LogP contribution in [-0.4, -0.2) is 114 Å². The van der Waals surface area contributed by atoms with Gasteiger partial charge in [0.15, 0.2) is 0 Å². The maximum absolute atomic E-state index is 15.3. The highest BCUT2D eigenvalue weighted by atomic mass is 79.9. The zero-order valence-corrected chi connectivity index (χ0v) is 25.4. The Labute approximate surface area is 250 Å². The van der Waals surface area contributed by atoms with Crippen molar-refractivity contribution in [3.8, 4) is 0 Å². The van der Waals surface area contributed by atoms with E-state index in [9.17, 15) is 19.7 Å². The average molecular weight is 655 g/mol. The molecule has 0 bridgehead atoms. The molecule has 2 amide bonds. The van der Waals surface area contributed by atoms with Crippen molar-refractivity contribution in [3.63, 3.8) is 0 Å². The number of alkyl halides is 2. The molecule has 1 aromatic carbocycles. The molecule has 0 radical (unpaired) electrons. The predicted molar refractivity (Wildman–Crippen MR) is 156 cm³/mol. The summed E-state index contributed by atoms with van der Waals surface area (Å²) in [6.07, 6.45) is 2.78. The molecule has 0 spiro atoms. The molecule has 228 valence electrons. The van der Waals surface area contributed by atoms with Crippen molar-refractivity contribution in [1.82, 2.24) is 19.7 Å². The standard InChI is InChI=1S/C27H34BrF2N7O5/c1-16-12-34(13-17(2)36(16)5-6-42-4)26(39)21-8-19(28)9-22(37(40)41)24(21)33-23-14-35(15-27(23,29)30)25(38)18-7-20(31-3)11-32-10-18/h7-11,16-17,23,31,33H,5-6,12-15H2,1-4H3/t16-,17+,23?. The quantitative estimate of drug-likeness (QED) is 0.308. The Morgan fingerprint density at radius 1 is 1.14 bits per heavy atom. The first-order valence-corrected chi connectivity index (χ1v) is 14.2. The van der Waals surface area contributed by atoms with Crippen LogP contribution in [-0.2, 0) is 4.74 Å². The van der Waals surface area contributed by atoms with E-state index in [-0.39, 0.29) is 33.4 Å². The number of methoxy groups -OCH3 is 1. The summed E-state index contributed by atoms with van der Waals surface area (Å²) in [5, 5.41) is 17.5. The van der Waals surface area contributed by atoms with Gasteiger partial charge in [0, 0.05) is 75.4 Å². The van der Waals surface area contributed by atoms with Crippen LogP contribution in [0.25, 0.3) is 0 Å². The van der Waals surface area contributed by atoms with Gasteiger partial charge >= 0.3 is 0 Å². The largest absolute Gasteiger partial charge is 0.387 e. The van der Waals surface area contributed by atoms with Crippen molar-refractivity contribution in [3.05, 3.63) is 56.3 Å². The fraction of sp³-hybridized carbons (Fsp3) is 0.519. The number of nitro benzene ring substituents is 1. The zero-order valence-electron chi connectivity index (χ0n) is 23.8. The van der Waals surface area contributed by atoms with E-state index in [1.807, 2.05) is 13.8 Å². The summed E-state index contributed by atoms with van der Waals surface area (Å²) in [7, 11) is 3.26. The van der Waals surface area contributed by atoms with Gasteiger partial charge in [-0.1, -0.05) is 15.9 Å². The molecule has 4 rings (SSSR count). The summed E-state index contributed by atoms with van der Waals surface area (Å²) in [6, 6.07) is 2.33. The lowest BCUT2D eigenvalue weighted by atomic mass is 10.0. The molecule has 2 saturated heterocycles. The van der Waals surface area contributed by atoms with Crippen molar-refractivity contribution in [2.45, 2.75) is 37.9 Å². The summed E-state index contributed by atoms with van der Waals surface area (Å²) in [6.45, 7) is 4.49. The number of amides is 2. The third-order valence-corrected chi connectivity index (χ3v) is 8.10. The van der Waals surface area contributed by atoms with Gasteiger partial charge in [-0.2, -0.15) is 0 Å². The Bertz CT molecular complexity index is 1340. The maximum Gasteiger partial charge on any atom is 0.294 e. The number of rotatable bonds is 9. The summed E-state index contributed by atoms with van der Waals surface area (Å²) in [5.41, 5.74) is -0.283. The molecule has 2 fully saturated rings. The summed E-state index contributed by atoms with van der Waals surface area (Å²) in [4.78, 5) is 47.0. The van der Waals surface area contributed by atoms with E-state index in [4.69, 9.17) is 4.74 Å². The van der Waals surface area contributed by atoms with E-state index >= 15 is 8.78 Å². The van der Waals surface area contributed by atoms with E-state index < -0.39 is 47.5 Å². The normalized spacial score (nSPS) is 22.2. The van der Waals surface area contributed by atoms with E-state index in [2.05, 4.69) is 36.4 Å². The second kappa shape index (κ2) is 12.8. The molecule has 0 aliphatic carbocycles. The molecular formula is C27H34BrF2N7O5. The van der Waals surface area contributed by atoms with Crippen LogP contribution in [0, 0.1) is 10.1 Å². The van der Waals surface area contributed by atoms with Gasteiger partial charge in [-0.3, -0.25) is 29.6 Å². The van der Waals surface area contributed by atoms with Gasteiger partial charge in [-0.25, -0.2) is 8.78 Å². The lowest BCUT2D eigenvalue weighted by molar-refractivity contribution is -0.384. The third-order valence-electron chi connectivity index (χ3n) is 7.65. The number of aromatic nitrogens is 1. The molecule has 1 unspecified atom stereocenters. The fourth-order valence-electron chi connectivity index (χ4n) is 5.53. The van der Waals surface area contributed by atoms with Crippen molar-refractivity contribution in [2.24, 2.45) is 0 Å². The highest BCUT2D eigenvalue weighted by molar-refractivity contribution is 9.10. The van der Waals surface area contributed by atoms with Crippen molar-refractivity contribution in [2.75, 3.05) is 64.1 Å². The number of benzene rings is 1. The molecule has 3 atom stereocenters. The van der Waals surface area contributed by atoms with E-state index in [1.165, 1.54) is 24.5 Å². The van der Waals surface area contributed by atoms with Crippen LogP contribution < -0.4 is 10.6 Å². The Morgan fingerprint density at radius 3 is 2.45 bits per heavy atom. The van der Waals surface area contributed by atoms with Crippen molar-refractivity contribution in [1.29, 1.82) is 0 Å². The predicted octanol–water partition coefficient (Wildman–Crippen LogP) is 3.55. The first-order valence-electron chi connectivity index (χ1n) is 13.4. The van der Waals surface area contributed by atoms with Crippen LogP contribution in [0.2, 0.25) is 0 Å². The molecular weight excluding hydrogens is 620 g/mol. The second-order valence-electron chi connectivity index (χ2n) is 10.6. The molecule has 2 aliphatic heterocycles. The lowest BCUT2D eigenvalue weighted by Gasteiger charge is -2.44. The van der Waals surface area contributed by atoms with Gasteiger partial charge in [0.25, 0.3) is 23.4 Å². The SMILES string of the molecule is CNc1cncc(C(=O)N2CC(Nc3c(C(=O)N4C[C@@H](C)N(CCOC)[C@@H](C)C4)cc(Br)cc3[N+](=O)[O-])C(F)(F)C2)c1. The van der Waals surface area contributed by atoms with Crippen LogP contribution in [0.5, 0.6) is 0 Å². The smallest absolute Gasteiger partial charge is 0.294 e. The first-order chi connectivity index (χ1) is 19.9. The summed E-state index contributed by atoms with van der Waals surface area (Å²) >= 11 is 3.23. The van der Waals surface area contributed by atoms with Gasteiger partial charge in [0.2, 0.25) is 0 Å². The van der Waals surface area contributed by atoms with Gasteiger partial charge in [0.05, 0.1) is 34.9 Å². The Morgan fingerprint density at radius 2 is 1.83 bits per heavy atom. The number of hydrogen-bond acceptors (Lipinski definition) is 9. The molecule has 2 N–H and O–H groups in total. The number of nitrogens with one attached hydrogen (secondary N) is 2. The number of pyridine rings is 1. The first kappa shape index (κ1) is 31.5. The number of likely N-dealkylation sites (tertiary alicyclic amines) is 1. The second-order valence-corrected chi connectivity index (χ2v) is 11.5. The van der Waals surface area contributed by atoms with E-state index in [0.29, 0.717) is 31.9 Å². The molecule has 1 aromatic heterocycles. The number of halogens is 3. The maximum atomic E-state index is 15.3. The third kappa shape index (κ3) is 6.63. The van der Waals surface area contributed by atoms with E-state index in [0.717, 1.165) is 11.0 Å². The van der Waals surface area contributed by atoms with Crippen LogP contribution in [0.3, 0.4) is 0 Å². The van der Waals surface area contributed by atoms with Crippen LogP contribution >= 0.6 is 15.9 Å². The summed E-state index contributed by atoms with van der Waals surface area (Å²) < 4.78 is 36.1. The van der Waals surface area contributed by atoms with Gasteiger partial charge < -0.3 is 25.2 Å². The number of ether oxygens (including phenoxy) is 1. The minimum atomic E-state index is -3.44. The van der Waals surface area contributed by atoms with Crippen LogP contribution in [0.4, 0.5) is 25.8 Å². The highest BCUT2D eigenvalue weighted by Crippen LogP contribution is 2.38. The molecule has 2 aliphatic rings. The van der Waals surface area contributed by atoms with Gasteiger partial charge in [-0.05, 0) is 26.0 Å². The molecule has 0 saturated carbocycles. The molecule has 12 nitrogen and oxygen atoms in total. The Balaban J connectivity index is 1.62. The molecule has 3 heterocycles. The number of nitro groups is 1. The topological polar surface area (TPSA) is 133 Å². The Kier molecular flexibility index (Phi) is 9.63. The number of anilines is 2. The van der Waals surface area contributed by atoms with Gasteiger partial charge in [0.1, 0.15) is 11.7 Å². The average Bonchev–Trinajstić information content (AvgIpc) is 3.25.